The number of rotatable bonds is 2. The van der Waals surface area contributed by atoms with Gasteiger partial charge in [-0.25, -0.2) is 9.07 Å². The summed E-state index contributed by atoms with van der Waals surface area (Å²) in [5, 5.41) is 4.72. The second-order valence-electron chi connectivity index (χ2n) is 6.79. The van der Waals surface area contributed by atoms with Gasteiger partial charge in [-0.1, -0.05) is 42.5 Å². The van der Waals surface area contributed by atoms with Gasteiger partial charge in [0.05, 0.1) is 22.5 Å². The fourth-order valence-corrected chi connectivity index (χ4v) is 4.31. The lowest BCUT2D eigenvalue weighted by Crippen LogP contribution is -2.15. The normalized spacial score (nSPS) is 14.8. The van der Waals surface area contributed by atoms with Crippen LogP contribution in [0.1, 0.15) is 28.3 Å². The van der Waals surface area contributed by atoms with Crippen LogP contribution in [0, 0.1) is 22.2 Å². The van der Waals surface area contributed by atoms with E-state index < -0.39 is 0 Å². The zero-order valence-electron chi connectivity index (χ0n) is 15.3. The van der Waals surface area contributed by atoms with E-state index in [-0.39, 0.29) is 11.7 Å². The van der Waals surface area contributed by atoms with E-state index in [1.54, 1.807) is 16.8 Å². The maximum absolute atomic E-state index is 13.6. The molecule has 8 heteroatoms. The van der Waals surface area contributed by atoms with Gasteiger partial charge in [-0.3, -0.25) is 0 Å². The number of fused-ring (bicyclic) bond motifs is 2. The van der Waals surface area contributed by atoms with E-state index >= 15 is 0 Å². The molecule has 5 nitrogen and oxygen atoms in total. The fourth-order valence-electron chi connectivity index (χ4n) is 3.74. The molecule has 1 unspecified atom stereocenters. The summed E-state index contributed by atoms with van der Waals surface area (Å²) in [6.45, 7) is 1.93. The summed E-state index contributed by atoms with van der Waals surface area (Å²) in [6.07, 6.45) is 0. The van der Waals surface area contributed by atoms with Crippen molar-refractivity contribution in [1.82, 2.24) is 19.7 Å². The number of nitrogens with one attached hydrogen (secondary N) is 2. The van der Waals surface area contributed by atoms with Crippen LogP contribution in [-0.2, 0) is 0 Å². The van der Waals surface area contributed by atoms with Crippen molar-refractivity contribution in [2.24, 2.45) is 0 Å². The van der Waals surface area contributed by atoms with E-state index in [1.165, 1.54) is 12.1 Å². The molecule has 2 aromatic carbocycles. The Kier molecular flexibility index (Phi) is 4.18. The molecule has 0 amide bonds. The number of hydrogen-bond acceptors (Lipinski definition) is 4. The van der Waals surface area contributed by atoms with Crippen molar-refractivity contribution >= 4 is 24.4 Å². The second-order valence-corrected chi connectivity index (χ2v) is 7.61. The van der Waals surface area contributed by atoms with Crippen LogP contribution >= 0.6 is 24.4 Å². The van der Waals surface area contributed by atoms with Gasteiger partial charge in [0.1, 0.15) is 10.5 Å². The quantitative estimate of drug-likeness (QED) is 0.357. The topological polar surface area (TPSA) is 58.6 Å². The van der Waals surface area contributed by atoms with Crippen LogP contribution in [-0.4, -0.2) is 19.7 Å². The van der Waals surface area contributed by atoms with E-state index in [1.807, 2.05) is 37.3 Å². The number of aryl methyl sites for hydroxylation is 1. The van der Waals surface area contributed by atoms with Crippen LogP contribution in [0.2, 0.25) is 0 Å². The van der Waals surface area contributed by atoms with Gasteiger partial charge in [-0.05, 0) is 49.0 Å². The lowest BCUT2D eigenvalue weighted by atomic mass is 9.85. The van der Waals surface area contributed by atoms with Crippen molar-refractivity contribution in [1.29, 1.82) is 0 Å². The van der Waals surface area contributed by atoms with Gasteiger partial charge in [-0.15, -0.1) is 0 Å². The first kappa shape index (κ1) is 18.0. The second kappa shape index (κ2) is 6.75. The molecule has 3 heterocycles. The summed E-state index contributed by atoms with van der Waals surface area (Å²) in [7, 11) is 0. The molecule has 0 saturated heterocycles. The first-order chi connectivity index (χ1) is 14.0. The first-order valence-corrected chi connectivity index (χ1v) is 9.79. The molecule has 0 spiro atoms. The zero-order chi connectivity index (χ0) is 20.1. The molecule has 0 bridgehead atoms. The Morgan fingerprint density at radius 3 is 2.45 bits per heavy atom. The minimum Gasteiger partial charge on any atom is -0.422 e. The van der Waals surface area contributed by atoms with Crippen molar-refractivity contribution in [3.63, 3.8) is 0 Å². The highest BCUT2D eigenvalue weighted by molar-refractivity contribution is 7.72. The molecular weight excluding hydrogens is 407 g/mol. The Morgan fingerprint density at radius 1 is 1.00 bits per heavy atom. The van der Waals surface area contributed by atoms with E-state index in [0.717, 1.165) is 28.1 Å². The number of ether oxygens (including phenoxy) is 1. The number of H-pyrrole nitrogens is 2. The molecule has 5 rings (SSSR count). The van der Waals surface area contributed by atoms with Gasteiger partial charge in [0.2, 0.25) is 11.8 Å². The van der Waals surface area contributed by atoms with Crippen LogP contribution in [0.3, 0.4) is 0 Å². The number of benzene rings is 2. The summed E-state index contributed by atoms with van der Waals surface area (Å²) in [4.78, 5) is 6.05. The highest BCUT2D eigenvalue weighted by Crippen LogP contribution is 2.48. The average Bonchev–Trinajstić information content (AvgIpc) is 3.04. The Morgan fingerprint density at radius 2 is 1.72 bits per heavy atom. The molecule has 0 saturated carbocycles. The summed E-state index contributed by atoms with van der Waals surface area (Å²) in [6, 6.07) is 16.1. The molecule has 1 atom stereocenters. The number of aromatic nitrogens is 4. The predicted octanol–water partition coefficient (Wildman–Crippen LogP) is 5.72. The van der Waals surface area contributed by atoms with Crippen molar-refractivity contribution in [2.75, 3.05) is 0 Å². The average molecular weight is 423 g/mol. The van der Waals surface area contributed by atoms with Crippen molar-refractivity contribution in [3.05, 3.63) is 92.2 Å². The van der Waals surface area contributed by atoms with Crippen molar-refractivity contribution in [2.45, 2.75) is 12.8 Å². The van der Waals surface area contributed by atoms with Crippen LogP contribution in [0.15, 0.2) is 54.6 Å². The third kappa shape index (κ3) is 2.92. The largest absolute Gasteiger partial charge is 0.422 e. The van der Waals surface area contributed by atoms with Crippen molar-refractivity contribution < 1.29 is 9.13 Å². The van der Waals surface area contributed by atoms with Gasteiger partial charge in [0.15, 0.2) is 4.77 Å². The molecule has 4 aromatic rings. The van der Waals surface area contributed by atoms with E-state index in [2.05, 4.69) is 9.97 Å². The van der Waals surface area contributed by atoms with Gasteiger partial charge >= 0.3 is 0 Å². The number of halogens is 1. The Balaban J connectivity index is 1.82. The molecule has 0 aliphatic carbocycles. The molecule has 0 radical (unpaired) electrons. The van der Waals surface area contributed by atoms with Gasteiger partial charge < -0.3 is 14.7 Å². The number of nitrogens with zero attached hydrogens (tertiary/aromatic N) is 2. The third-order valence-corrected chi connectivity index (χ3v) is 5.51. The molecule has 29 heavy (non-hydrogen) atoms. The Labute approximate surface area is 175 Å². The zero-order valence-corrected chi connectivity index (χ0v) is 16.9. The summed E-state index contributed by atoms with van der Waals surface area (Å²) in [5.41, 5.74) is 4.21. The minimum absolute atomic E-state index is 0.276. The highest BCUT2D eigenvalue weighted by atomic mass is 32.1. The monoisotopic (exact) mass is 422 g/mol. The summed E-state index contributed by atoms with van der Waals surface area (Å²) >= 11 is 10.8. The van der Waals surface area contributed by atoms with Crippen LogP contribution in [0.25, 0.3) is 5.69 Å². The Bertz CT molecular complexity index is 1340. The molecule has 1 aliphatic rings. The standard InChI is InChI=1S/C21H15FN4OS2/c1-11-15-16(12-7-9-13(22)10-8-12)17-18(23-21(29)24-19(17)28)27-20(15)26(25-11)14-5-3-2-4-6-14/h2-10,16H,1H3,(H2,23,24,28,29). The van der Waals surface area contributed by atoms with Crippen LogP contribution < -0.4 is 4.74 Å². The number of para-hydroxylation sites is 1. The molecular formula is C21H15FN4OS2. The Hall–Kier alpha value is -3.10. The molecule has 1 aliphatic heterocycles. The van der Waals surface area contributed by atoms with Gasteiger partial charge in [-0.2, -0.15) is 5.10 Å². The number of aromatic amines is 2. The molecule has 0 fully saturated rings. The van der Waals surface area contributed by atoms with E-state index in [9.17, 15) is 4.39 Å². The smallest absolute Gasteiger partial charge is 0.229 e. The third-order valence-electron chi connectivity index (χ3n) is 4.99. The molecule has 144 valence electrons. The minimum atomic E-state index is -0.296. The van der Waals surface area contributed by atoms with Crippen LogP contribution in [0.5, 0.6) is 11.8 Å². The molecule has 2 aromatic heterocycles. The molecule has 2 N–H and O–H groups in total. The predicted molar refractivity (Wildman–Crippen MR) is 113 cm³/mol. The van der Waals surface area contributed by atoms with E-state index in [0.29, 0.717) is 21.2 Å². The van der Waals surface area contributed by atoms with Gasteiger partial charge in [0, 0.05) is 5.92 Å². The highest BCUT2D eigenvalue weighted by Gasteiger charge is 2.36. The lowest BCUT2D eigenvalue weighted by molar-refractivity contribution is 0.401. The first-order valence-electron chi connectivity index (χ1n) is 8.97. The van der Waals surface area contributed by atoms with Crippen molar-refractivity contribution in [3.8, 4) is 17.4 Å². The van der Waals surface area contributed by atoms with Crippen LogP contribution in [0.4, 0.5) is 4.39 Å². The fraction of sp³-hybridized carbons (Fsp3) is 0.0952. The summed E-state index contributed by atoms with van der Waals surface area (Å²) < 4.78 is 22.5. The lowest BCUT2D eigenvalue weighted by Gasteiger charge is -2.26. The van der Waals surface area contributed by atoms with E-state index in [4.69, 9.17) is 34.3 Å². The SMILES string of the molecule is Cc1nn(-c2ccccc2)c2c1C(c1ccc(F)cc1)c1c([nH]c(=S)[nH]c1=S)O2. The number of hydrogen-bond donors (Lipinski definition) is 2. The maximum Gasteiger partial charge on any atom is 0.229 e. The maximum atomic E-state index is 13.6. The summed E-state index contributed by atoms with van der Waals surface area (Å²) in [5.74, 6) is 0.484. The van der Waals surface area contributed by atoms with Gasteiger partial charge in [0.25, 0.3) is 0 Å².